The van der Waals surface area contributed by atoms with E-state index in [1.165, 1.54) is 0 Å². The van der Waals surface area contributed by atoms with Crippen LogP contribution in [0.25, 0.3) is 5.69 Å². The van der Waals surface area contributed by atoms with Gasteiger partial charge in [-0.2, -0.15) is 5.10 Å². The van der Waals surface area contributed by atoms with Crippen molar-refractivity contribution in [2.75, 3.05) is 17.3 Å². The third kappa shape index (κ3) is 4.34. The van der Waals surface area contributed by atoms with Crippen molar-refractivity contribution in [3.05, 3.63) is 95.9 Å². The fourth-order valence-electron chi connectivity index (χ4n) is 3.34. The van der Waals surface area contributed by atoms with E-state index in [4.69, 9.17) is 11.1 Å². The lowest BCUT2D eigenvalue weighted by atomic mass is 10.2. The van der Waals surface area contributed by atoms with Gasteiger partial charge in [-0.1, -0.05) is 24.3 Å². The van der Waals surface area contributed by atoms with Gasteiger partial charge in [-0.3, -0.25) is 10.2 Å². The minimum absolute atomic E-state index is 0.0458. The highest BCUT2D eigenvalue weighted by molar-refractivity contribution is 6.04. The second-order valence-corrected chi connectivity index (χ2v) is 7.30. The molecule has 8 heteroatoms. The molecule has 0 unspecified atom stereocenters. The number of amides is 1. The van der Waals surface area contributed by atoms with Gasteiger partial charge in [0.15, 0.2) is 0 Å². The van der Waals surface area contributed by atoms with Crippen molar-refractivity contribution < 1.29 is 4.79 Å². The van der Waals surface area contributed by atoms with Crippen LogP contribution >= 0.6 is 0 Å². The molecular weight excluding hydrogens is 402 g/mol. The Morgan fingerprint density at radius 3 is 2.62 bits per heavy atom. The standard InChI is InChI=1S/C24H23N7O/c1-16-13-21(31(29-16)20-10-5-7-17(14-20)23(25)26)24(32)28-18-8-6-9-19(15-18)30(2)22-11-3-4-12-27-22/h3-15H,1-2H3,(H3,25,26)(H,28,32). The molecule has 8 nitrogen and oxygen atoms in total. The number of anilines is 3. The molecule has 0 fully saturated rings. The van der Waals surface area contributed by atoms with Gasteiger partial charge in [0.25, 0.3) is 5.91 Å². The van der Waals surface area contributed by atoms with Crippen LogP contribution in [-0.2, 0) is 0 Å². The van der Waals surface area contributed by atoms with Gasteiger partial charge in [-0.05, 0) is 55.5 Å². The molecule has 1 amide bonds. The molecule has 4 aromatic rings. The normalized spacial score (nSPS) is 10.6. The number of pyridine rings is 1. The highest BCUT2D eigenvalue weighted by Gasteiger charge is 2.17. The minimum atomic E-state index is -0.295. The number of aryl methyl sites for hydroxylation is 1. The number of hydrogen-bond donors (Lipinski definition) is 3. The third-order valence-electron chi connectivity index (χ3n) is 4.95. The summed E-state index contributed by atoms with van der Waals surface area (Å²) in [6.07, 6.45) is 1.74. The van der Waals surface area contributed by atoms with Gasteiger partial charge in [0.05, 0.1) is 11.4 Å². The zero-order chi connectivity index (χ0) is 22.7. The zero-order valence-corrected chi connectivity index (χ0v) is 17.8. The van der Waals surface area contributed by atoms with Crippen molar-refractivity contribution in [3.8, 4) is 5.69 Å². The number of benzene rings is 2. The summed E-state index contributed by atoms with van der Waals surface area (Å²) in [6, 6.07) is 22.0. The van der Waals surface area contributed by atoms with Gasteiger partial charge < -0.3 is 16.0 Å². The molecule has 0 radical (unpaired) electrons. The molecule has 0 saturated heterocycles. The summed E-state index contributed by atoms with van der Waals surface area (Å²) in [5.74, 6) is 0.460. The Morgan fingerprint density at radius 2 is 1.88 bits per heavy atom. The maximum absolute atomic E-state index is 13.1. The predicted molar refractivity (Wildman–Crippen MR) is 126 cm³/mol. The van der Waals surface area contributed by atoms with E-state index in [1.54, 1.807) is 35.1 Å². The van der Waals surface area contributed by atoms with Crippen LogP contribution in [0.15, 0.2) is 79.0 Å². The van der Waals surface area contributed by atoms with E-state index >= 15 is 0 Å². The number of nitrogens with two attached hydrogens (primary N) is 1. The van der Waals surface area contributed by atoms with E-state index in [1.807, 2.05) is 67.4 Å². The number of carbonyl (C=O) groups excluding carboxylic acids is 1. The Kier molecular flexibility index (Phi) is 5.67. The fourth-order valence-corrected chi connectivity index (χ4v) is 3.34. The van der Waals surface area contributed by atoms with Crippen LogP contribution in [0.5, 0.6) is 0 Å². The summed E-state index contributed by atoms with van der Waals surface area (Å²) in [7, 11) is 1.92. The molecule has 4 rings (SSSR count). The number of amidine groups is 1. The number of nitrogen functional groups attached to an aromatic ring is 1. The highest BCUT2D eigenvalue weighted by atomic mass is 16.2. The number of rotatable bonds is 6. The largest absolute Gasteiger partial charge is 0.384 e. The molecular formula is C24H23N7O. The third-order valence-corrected chi connectivity index (χ3v) is 4.95. The lowest BCUT2D eigenvalue weighted by Crippen LogP contribution is -2.18. The molecule has 0 aliphatic heterocycles. The number of aromatic nitrogens is 3. The summed E-state index contributed by atoms with van der Waals surface area (Å²) < 4.78 is 1.56. The van der Waals surface area contributed by atoms with Gasteiger partial charge in [0.1, 0.15) is 17.3 Å². The van der Waals surface area contributed by atoms with Crippen LogP contribution in [0, 0.1) is 12.3 Å². The van der Waals surface area contributed by atoms with Gasteiger partial charge in [-0.15, -0.1) is 0 Å². The van der Waals surface area contributed by atoms with Crippen LogP contribution in [0.4, 0.5) is 17.2 Å². The number of hydrogen-bond acceptors (Lipinski definition) is 5. The maximum atomic E-state index is 13.1. The highest BCUT2D eigenvalue weighted by Crippen LogP contribution is 2.25. The molecule has 32 heavy (non-hydrogen) atoms. The Bertz CT molecular complexity index is 1280. The average Bonchev–Trinajstić information content (AvgIpc) is 3.21. The van der Waals surface area contributed by atoms with Crippen LogP contribution in [0.2, 0.25) is 0 Å². The number of nitrogens with one attached hydrogen (secondary N) is 2. The molecule has 160 valence electrons. The van der Waals surface area contributed by atoms with Crippen molar-refractivity contribution in [3.63, 3.8) is 0 Å². The lowest BCUT2D eigenvalue weighted by Gasteiger charge is -2.19. The molecule has 0 aliphatic carbocycles. The lowest BCUT2D eigenvalue weighted by molar-refractivity contribution is 0.101. The maximum Gasteiger partial charge on any atom is 0.274 e. The van der Waals surface area contributed by atoms with Gasteiger partial charge in [0, 0.05) is 30.2 Å². The summed E-state index contributed by atoms with van der Waals surface area (Å²) in [5.41, 5.74) is 9.45. The first-order valence-electron chi connectivity index (χ1n) is 10.00. The summed E-state index contributed by atoms with van der Waals surface area (Å²) >= 11 is 0. The zero-order valence-electron chi connectivity index (χ0n) is 17.8. The van der Waals surface area contributed by atoms with Crippen LogP contribution < -0.4 is 16.0 Å². The van der Waals surface area contributed by atoms with Crippen LogP contribution in [0.3, 0.4) is 0 Å². The Morgan fingerprint density at radius 1 is 1.06 bits per heavy atom. The summed E-state index contributed by atoms with van der Waals surface area (Å²) in [4.78, 5) is 19.4. The second-order valence-electron chi connectivity index (χ2n) is 7.30. The Balaban J connectivity index is 1.61. The van der Waals surface area contributed by atoms with E-state index in [0.717, 1.165) is 11.5 Å². The van der Waals surface area contributed by atoms with Crippen molar-refractivity contribution in [1.82, 2.24) is 14.8 Å². The number of nitrogens with zero attached hydrogens (tertiary/aromatic N) is 4. The topological polar surface area (TPSA) is 113 Å². The Hall–Kier alpha value is -4.46. The minimum Gasteiger partial charge on any atom is -0.384 e. The molecule has 0 bridgehead atoms. The van der Waals surface area contributed by atoms with Gasteiger partial charge in [0.2, 0.25) is 0 Å². The average molecular weight is 425 g/mol. The first kappa shape index (κ1) is 20.8. The van der Waals surface area contributed by atoms with Crippen molar-refractivity contribution in [1.29, 1.82) is 5.41 Å². The van der Waals surface area contributed by atoms with E-state index in [9.17, 15) is 4.79 Å². The first-order valence-corrected chi connectivity index (χ1v) is 10.00. The molecule has 0 atom stereocenters. The van der Waals surface area contributed by atoms with Crippen molar-refractivity contribution >= 4 is 28.9 Å². The van der Waals surface area contributed by atoms with Gasteiger partial charge >= 0.3 is 0 Å². The summed E-state index contributed by atoms with van der Waals surface area (Å²) in [6.45, 7) is 1.82. The predicted octanol–water partition coefficient (Wildman–Crippen LogP) is 3.88. The van der Waals surface area contributed by atoms with Gasteiger partial charge in [-0.25, -0.2) is 9.67 Å². The van der Waals surface area contributed by atoms with E-state index in [0.29, 0.717) is 28.3 Å². The number of carbonyl (C=O) groups is 1. The van der Waals surface area contributed by atoms with E-state index < -0.39 is 0 Å². The van der Waals surface area contributed by atoms with Crippen LogP contribution in [-0.4, -0.2) is 33.6 Å². The van der Waals surface area contributed by atoms with E-state index in [2.05, 4.69) is 15.4 Å². The monoisotopic (exact) mass is 425 g/mol. The van der Waals surface area contributed by atoms with Crippen molar-refractivity contribution in [2.45, 2.75) is 6.92 Å². The summed E-state index contributed by atoms with van der Waals surface area (Å²) in [5, 5.41) is 15.1. The molecule has 0 saturated carbocycles. The quantitative estimate of drug-likeness (QED) is 0.320. The first-order chi connectivity index (χ1) is 15.4. The van der Waals surface area contributed by atoms with Crippen LogP contribution in [0.1, 0.15) is 21.7 Å². The molecule has 0 aliphatic rings. The SMILES string of the molecule is Cc1cc(C(=O)Nc2cccc(N(C)c3ccccn3)c2)n(-c2cccc(C(=N)N)c2)n1. The van der Waals surface area contributed by atoms with E-state index in [-0.39, 0.29) is 11.7 Å². The molecule has 0 spiro atoms. The molecule has 2 aromatic carbocycles. The Labute approximate surface area is 185 Å². The molecule has 2 heterocycles. The molecule has 2 aromatic heterocycles. The smallest absolute Gasteiger partial charge is 0.274 e. The second kappa shape index (κ2) is 8.73. The molecule has 4 N–H and O–H groups in total. The fraction of sp³-hybridized carbons (Fsp3) is 0.0833. The van der Waals surface area contributed by atoms with Crippen molar-refractivity contribution in [2.24, 2.45) is 5.73 Å².